The van der Waals surface area contributed by atoms with E-state index in [-0.39, 0.29) is 11.5 Å². The molecule has 0 bridgehead atoms. The van der Waals surface area contributed by atoms with Crippen molar-refractivity contribution in [2.24, 2.45) is 0 Å². The number of carbonyl (C=O) groups excluding carboxylic acids is 1. The molecule has 0 spiro atoms. The number of carbonyl (C=O) groups is 1. The molecule has 2 atom stereocenters. The number of hydrogen-bond donors (Lipinski definition) is 1. The zero-order valence-electron chi connectivity index (χ0n) is 8.44. The van der Waals surface area contributed by atoms with Gasteiger partial charge in [0.2, 0.25) is 0 Å². The summed E-state index contributed by atoms with van der Waals surface area (Å²) in [6.07, 6.45) is 2.95. The van der Waals surface area contributed by atoms with Crippen LogP contribution in [0.4, 0.5) is 0 Å². The Morgan fingerprint density at radius 1 is 1.73 bits per heavy atom. The van der Waals surface area contributed by atoms with Crippen molar-refractivity contribution < 1.29 is 24.0 Å². The van der Waals surface area contributed by atoms with Crippen LogP contribution in [0.25, 0.3) is 0 Å². The Hall–Kier alpha value is 0.186. The van der Waals surface area contributed by atoms with Crippen LogP contribution in [0.5, 0.6) is 0 Å². The molecule has 0 aliphatic carbocycles. The molecule has 15 heavy (non-hydrogen) atoms. The van der Waals surface area contributed by atoms with Crippen LogP contribution >= 0.6 is 20.2 Å². The van der Waals surface area contributed by atoms with Crippen LogP contribution in [0, 0.1) is 0 Å². The first kappa shape index (κ1) is 13.3. The van der Waals surface area contributed by atoms with Gasteiger partial charge >= 0.3 is 103 Å². The van der Waals surface area contributed by atoms with E-state index in [9.17, 15) is 9.90 Å². The zero-order chi connectivity index (χ0) is 11.3. The fourth-order valence-corrected chi connectivity index (χ4v) is 2.57. The van der Waals surface area contributed by atoms with Gasteiger partial charge in [0.25, 0.3) is 0 Å². The molecule has 0 saturated heterocycles. The molecule has 1 aromatic heterocycles. The van der Waals surface area contributed by atoms with Gasteiger partial charge in [0.05, 0.1) is 0 Å². The standard InChI is InChI=1S/C10H14O2S2.Co/c1-13-10(12)7-8(11)4-5-9-3-2-6-14-9;/h2-3,6,8,11H,4-5,7H2,1H3;. The minimum atomic E-state index is -0.530. The summed E-state index contributed by atoms with van der Waals surface area (Å²) in [6, 6.07) is 4.04. The maximum absolute atomic E-state index is 11.3. The van der Waals surface area contributed by atoms with Crippen LogP contribution in [0.2, 0.25) is 0 Å². The molecule has 0 aromatic carbocycles. The van der Waals surface area contributed by atoms with Crippen molar-refractivity contribution in [2.75, 3.05) is 6.26 Å². The third kappa shape index (κ3) is 5.17. The van der Waals surface area contributed by atoms with Crippen molar-refractivity contribution in [1.29, 1.82) is 0 Å². The number of aliphatic hydroxyl groups excluding tert-OH is 1. The molecule has 0 aliphatic rings. The molecule has 1 heterocycles. The molecule has 1 aromatic rings. The zero-order valence-corrected chi connectivity index (χ0v) is 11.1. The second kappa shape index (κ2) is 6.70. The molecule has 0 radical (unpaired) electrons. The van der Waals surface area contributed by atoms with Crippen LogP contribution in [0.1, 0.15) is 17.7 Å². The summed E-state index contributed by atoms with van der Waals surface area (Å²) >= 11 is 5.79. The SMILES string of the molecule is C[S](=[Co])C(=O)CC(O)CCc1cccs1. The normalized spacial score (nSPS) is 14.9. The Bertz CT molecular complexity index is 335. The summed E-state index contributed by atoms with van der Waals surface area (Å²) in [4.78, 5) is 12.5. The minimum absolute atomic E-state index is 0.0358. The second-order valence-electron chi connectivity index (χ2n) is 3.26. The summed E-state index contributed by atoms with van der Waals surface area (Å²) in [5.41, 5.74) is 0. The summed E-state index contributed by atoms with van der Waals surface area (Å²) in [6.45, 7) is 0. The molecular formula is C10H14CoO2S2. The number of aliphatic hydroxyl groups is 1. The first-order valence-electron chi connectivity index (χ1n) is 4.63. The molecule has 1 N–H and O–H groups in total. The van der Waals surface area contributed by atoms with E-state index in [2.05, 4.69) is 14.1 Å². The second-order valence-corrected chi connectivity index (χ2v) is 7.47. The number of rotatable bonds is 5. The molecule has 0 aliphatic heterocycles. The van der Waals surface area contributed by atoms with E-state index in [1.54, 1.807) is 17.6 Å². The van der Waals surface area contributed by atoms with E-state index >= 15 is 0 Å². The summed E-state index contributed by atoms with van der Waals surface area (Å²) in [7, 11) is -0.530. The van der Waals surface area contributed by atoms with Gasteiger partial charge in [-0.05, 0) is 0 Å². The van der Waals surface area contributed by atoms with Gasteiger partial charge in [-0.1, -0.05) is 0 Å². The van der Waals surface area contributed by atoms with Gasteiger partial charge in [-0.2, -0.15) is 0 Å². The van der Waals surface area contributed by atoms with Gasteiger partial charge in [0.15, 0.2) is 0 Å². The van der Waals surface area contributed by atoms with Crippen LogP contribution in [0.15, 0.2) is 17.5 Å². The van der Waals surface area contributed by atoms with E-state index in [0.717, 1.165) is 6.42 Å². The number of thiophene rings is 1. The molecule has 5 heteroatoms. The molecule has 0 amide bonds. The Balaban J connectivity index is 2.27. The van der Waals surface area contributed by atoms with Crippen molar-refractivity contribution in [2.45, 2.75) is 25.4 Å². The van der Waals surface area contributed by atoms with E-state index in [1.807, 2.05) is 17.5 Å². The van der Waals surface area contributed by atoms with Gasteiger partial charge in [-0.25, -0.2) is 0 Å². The number of hydrogen-bond acceptors (Lipinski definition) is 3. The molecule has 2 nitrogen and oxygen atoms in total. The fourth-order valence-electron chi connectivity index (χ4n) is 1.17. The molecule has 0 fully saturated rings. The fraction of sp³-hybridized carbons (Fsp3) is 0.500. The molecule has 1 rings (SSSR count). The maximum atomic E-state index is 11.3. The van der Waals surface area contributed by atoms with E-state index in [4.69, 9.17) is 0 Å². The van der Waals surface area contributed by atoms with Gasteiger partial charge in [0.1, 0.15) is 0 Å². The Morgan fingerprint density at radius 2 is 2.47 bits per heavy atom. The Morgan fingerprint density at radius 3 is 3.00 bits per heavy atom. The average Bonchev–Trinajstić information content (AvgIpc) is 2.66. The number of aryl methyl sites for hydroxylation is 1. The first-order chi connectivity index (χ1) is 7.09. The van der Waals surface area contributed by atoms with Gasteiger partial charge in [-0.3, -0.25) is 0 Å². The van der Waals surface area contributed by atoms with E-state index in [0.29, 0.717) is 6.42 Å². The Labute approximate surface area is 103 Å². The summed E-state index contributed by atoms with van der Waals surface area (Å²) < 4.78 is 0. The molecule has 87 valence electrons. The van der Waals surface area contributed by atoms with Gasteiger partial charge in [0, 0.05) is 0 Å². The van der Waals surface area contributed by atoms with Crippen molar-refractivity contribution in [3.05, 3.63) is 22.4 Å². The third-order valence-corrected chi connectivity index (χ3v) is 4.43. The van der Waals surface area contributed by atoms with E-state index < -0.39 is 15.0 Å². The average molecular weight is 289 g/mol. The van der Waals surface area contributed by atoms with Crippen molar-refractivity contribution in [1.82, 2.24) is 0 Å². The molecule has 2 unspecified atom stereocenters. The van der Waals surface area contributed by atoms with Crippen molar-refractivity contribution in [3.63, 3.8) is 0 Å². The van der Waals surface area contributed by atoms with Crippen LogP contribution < -0.4 is 0 Å². The quantitative estimate of drug-likeness (QED) is 0.903. The van der Waals surface area contributed by atoms with Gasteiger partial charge in [-0.15, -0.1) is 0 Å². The molecular weight excluding hydrogens is 275 g/mol. The van der Waals surface area contributed by atoms with E-state index in [1.165, 1.54) is 4.88 Å². The monoisotopic (exact) mass is 289 g/mol. The Kier molecular flexibility index (Phi) is 5.92. The summed E-state index contributed by atoms with van der Waals surface area (Å²) in [5, 5.41) is 11.7. The predicted molar refractivity (Wildman–Crippen MR) is 61.8 cm³/mol. The predicted octanol–water partition coefficient (Wildman–Crippen LogP) is 2.32. The van der Waals surface area contributed by atoms with Crippen molar-refractivity contribution in [3.8, 4) is 0 Å². The topological polar surface area (TPSA) is 37.3 Å². The molecule has 0 saturated carbocycles. The summed E-state index contributed by atoms with van der Waals surface area (Å²) in [5.74, 6) is 0. The van der Waals surface area contributed by atoms with Crippen molar-refractivity contribution >= 4 is 25.3 Å². The van der Waals surface area contributed by atoms with Crippen LogP contribution in [-0.2, 0) is 25.3 Å². The van der Waals surface area contributed by atoms with Crippen LogP contribution in [-0.4, -0.2) is 22.6 Å². The third-order valence-electron chi connectivity index (χ3n) is 2.01. The van der Waals surface area contributed by atoms with Crippen LogP contribution in [0.3, 0.4) is 0 Å². The first-order valence-corrected chi connectivity index (χ1v) is 8.28. The van der Waals surface area contributed by atoms with Gasteiger partial charge < -0.3 is 0 Å².